The maximum Gasteiger partial charge on any atom is 0.0119 e. The Morgan fingerprint density at radius 1 is 0.724 bits per heavy atom. The van der Waals surface area contributed by atoms with Crippen molar-refractivity contribution >= 4 is 6.08 Å². The van der Waals surface area contributed by atoms with Crippen LogP contribution in [-0.2, 0) is 0 Å². The third kappa shape index (κ3) is 5.46. The molecule has 0 atom stereocenters. The zero-order valence-electron chi connectivity index (χ0n) is 17.2. The van der Waals surface area contributed by atoms with Crippen LogP contribution in [0.4, 0.5) is 0 Å². The van der Waals surface area contributed by atoms with E-state index in [1.54, 1.807) is 0 Å². The first-order valence-corrected chi connectivity index (χ1v) is 10.9. The Kier molecular flexibility index (Phi) is 6.94. The van der Waals surface area contributed by atoms with E-state index >= 15 is 0 Å². The summed E-state index contributed by atoms with van der Waals surface area (Å²) in [7, 11) is 0. The molecule has 1 nitrogen and oxygen atoms in total. The minimum absolute atomic E-state index is 0.512. The lowest BCUT2D eigenvalue weighted by Crippen LogP contribution is -2.36. The molecule has 0 aliphatic carbocycles. The summed E-state index contributed by atoms with van der Waals surface area (Å²) in [6.45, 7) is 3.58. The molecule has 0 radical (unpaired) electrons. The summed E-state index contributed by atoms with van der Waals surface area (Å²) < 4.78 is 0. The van der Waals surface area contributed by atoms with Gasteiger partial charge in [-0.3, -0.25) is 0 Å². The van der Waals surface area contributed by atoms with E-state index in [0.29, 0.717) is 5.92 Å². The van der Waals surface area contributed by atoms with Crippen LogP contribution in [0.2, 0.25) is 0 Å². The molecule has 0 bridgehead atoms. The maximum atomic E-state index is 2.64. The first-order valence-electron chi connectivity index (χ1n) is 10.9. The fourth-order valence-electron chi connectivity index (χ4n) is 4.61. The zero-order valence-corrected chi connectivity index (χ0v) is 17.2. The first-order chi connectivity index (χ1) is 14.4. The highest BCUT2D eigenvalue weighted by molar-refractivity contribution is 5.48. The van der Waals surface area contributed by atoms with Gasteiger partial charge >= 0.3 is 0 Å². The van der Waals surface area contributed by atoms with Crippen LogP contribution < -0.4 is 0 Å². The van der Waals surface area contributed by atoms with E-state index in [-0.39, 0.29) is 0 Å². The minimum atomic E-state index is 0.512. The van der Waals surface area contributed by atoms with Gasteiger partial charge in [0.05, 0.1) is 0 Å². The smallest absolute Gasteiger partial charge is 0.0119 e. The van der Waals surface area contributed by atoms with Crippen molar-refractivity contribution in [1.29, 1.82) is 0 Å². The average molecular weight is 382 g/mol. The number of hydrogen-bond donors (Lipinski definition) is 0. The Morgan fingerprint density at radius 3 is 1.79 bits per heavy atom. The second-order valence-electron chi connectivity index (χ2n) is 8.08. The number of nitrogens with zero attached hydrogens (tertiary/aromatic N) is 1. The predicted octanol–water partition coefficient (Wildman–Crippen LogP) is 6.63. The molecule has 0 saturated carbocycles. The zero-order chi connectivity index (χ0) is 19.7. The van der Waals surface area contributed by atoms with Gasteiger partial charge in [0.15, 0.2) is 0 Å². The molecular formula is C28H31N. The number of likely N-dealkylation sites (tertiary alicyclic amines) is 1. The summed E-state index contributed by atoms with van der Waals surface area (Å²) >= 11 is 0. The number of piperidine rings is 1. The summed E-state index contributed by atoms with van der Waals surface area (Å²) in [5.74, 6) is 1.23. The molecule has 1 heteroatoms. The Morgan fingerprint density at radius 2 is 1.24 bits per heavy atom. The topological polar surface area (TPSA) is 3.24 Å². The van der Waals surface area contributed by atoms with Gasteiger partial charge in [-0.1, -0.05) is 103 Å². The normalized spacial score (nSPS) is 15.9. The van der Waals surface area contributed by atoms with Gasteiger partial charge in [-0.25, -0.2) is 0 Å². The van der Waals surface area contributed by atoms with Crippen molar-refractivity contribution in [1.82, 2.24) is 4.90 Å². The van der Waals surface area contributed by atoms with E-state index in [2.05, 4.69) is 108 Å². The van der Waals surface area contributed by atoms with Gasteiger partial charge in [0.25, 0.3) is 0 Å². The summed E-state index contributed by atoms with van der Waals surface area (Å²) in [6.07, 6.45) is 8.24. The highest BCUT2D eigenvalue weighted by Crippen LogP contribution is 2.37. The molecule has 0 N–H and O–H groups in total. The molecule has 29 heavy (non-hydrogen) atoms. The molecule has 0 amide bonds. The van der Waals surface area contributed by atoms with Crippen LogP contribution in [0, 0.1) is 5.92 Å². The molecule has 3 aromatic rings. The molecule has 1 aliphatic rings. The molecule has 0 aromatic heterocycles. The summed E-state index contributed by atoms with van der Waals surface area (Å²) in [4.78, 5) is 2.64. The van der Waals surface area contributed by atoms with Crippen LogP contribution in [0.1, 0.15) is 41.9 Å². The lowest BCUT2D eigenvalue weighted by Gasteiger charge is -2.36. The number of hydrogen-bond acceptors (Lipinski definition) is 1. The van der Waals surface area contributed by atoms with Crippen LogP contribution in [0.15, 0.2) is 97.1 Å². The molecule has 148 valence electrons. The van der Waals surface area contributed by atoms with Gasteiger partial charge in [-0.05, 0) is 55.0 Å². The van der Waals surface area contributed by atoms with Gasteiger partial charge in [-0.2, -0.15) is 0 Å². The van der Waals surface area contributed by atoms with Gasteiger partial charge in [0.2, 0.25) is 0 Å². The van der Waals surface area contributed by atoms with E-state index < -0.39 is 0 Å². The van der Waals surface area contributed by atoms with Crippen LogP contribution >= 0.6 is 0 Å². The lowest BCUT2D eigenvalue weighted by molar-refractivity contribution is 0.178. The maximum absolute atomic E-state index is 2.64. The van der Waals surface area contributed by atoms with Crippen molar-refractivity contribution in [3.63, 3.8) is 0 Å². The molecule has 0 unspecified atom stereocenters. The first kappa shape index (κ1) is 19.7. The van der Waals surface area contributed by atoms with Crippen LogP contribution in [0.5, 0.6) is 0 Å². The van der Waals surface area contributed by atoms with Crippen molar-refractivity contribution in [3.05, 3.63) is 114 Å². The van der Waals surface area contributed by atoms with E-state index in [1.165, 1.54) is 42.6 Å². The predicted molar refractivity (Wildman–Crippen MR) is 124 cm³/mol. The van der Waals surface area contributed by atoms with Gasteiger partial charge in [0, 0.05) is 12.5 Å². The van der Waals surface area contributed by atoms with Gasteiger partial charge in [-0.15, -0.1) is 0 Å². The second kappa shape index (κ2) is 10.2. The molecule has 1 fully saturated rings. The standard InChI is InChI=1S/C28H31N/c1-4-12-24(13-5-1)14-10-11-21-29-22-19-27(20-23-29)28(25-15-6-2-7-16-25)26-17-8-3-9-18-26/h1-10,12-18,27-28H,11,19-23H2. The third-order valence-electron chi connectivity index (χ3n) is 6.14. The summed E-state index contributed by atoms with van der Waals surface area (Å²) in [5, 5.41) is 0. The van der Waals surface area contributed by atoms with E-state index in [4.69, 9.17) is 0 Å². The molecule has 0 spiro atoms. The van der Waals surface area contributed by atoms with Crippen LogP contribution in [0.25, 0.3) is 6.08 Å². The van der Waals surface area contributed by atoms with Crippen LogP contribution in [-0.4, -0.2) is 24.5 Å². The molecule has 1 aliphatic heterocycles. The van der Waals surface area contributed by atoms with E-state index in [0.717, 1.165) is 18.9 Å². The number of rotatable bonds is 7. The van der Waals surface area contributed by atoms with Crippen molar-refractivity contribution in [3.8, 4) is 0 Å². The van der Waals surface area contributed by atoms with E-state index in [9.17, 15) is 0 Å². The van der Waals surface area contributed by atoms with Crippen molar-refractivity contribution < 1.29 is 0 Å². The molecular weight excluding hydrogens is 350 g/mol. The quantitative estimate of drug-likeness (QED) is 0.444. The fraction of sp³-hybridized carbons (Fsp3) is 0.286. The Labute approximate surface area is 175 Å². The SMILES string of the molecule is C(=Cc1ccccc1)CCN1CCC(C(c2ccccc2)c2ccccc2)CC1. The van der Waals surface area contributed by atoms with Gasteiger partial charge in [0.1, 0.15) is 0 Å². The van der Waals surface area contributed by atoms with Crippen molar-refractivity contribution in [2.45, 2.75) is 25.2 Å². The van der Waals surface area contributed by atoms with Gasteiger partial charge < -0.3 is 4.90 Å². The molecule has 3 aromatic carbocycles. The highest BCUT2D eigenvalue weighted by atomic mass is 15.1. The Hall–Kier alpha value is -2.64. The fourth-order valence-corrected chi connectivity index (χ4v) is 4.61. The summed E-state index contributed by atoms with van der Waals surface area (Å²) in [5.41, 5.74) is 4.21. The molecule has 1 heterocycles. The lowest BCUT2D eigenvalue weighted by atomic mass is 9.76. The van der Waals surface area contributed by atoms with Crippen LogP contribution in [0.3, 0.4) is 0 Å². The summed E-state index contributed by atoms with van der Waals surface area (Å²) in [6, 6.07) is 32.8. The highest BCUT2D eigenvalue weighted by Gasteiger charge is 2.28. The molecule has 1 saturated heterocycles. The Balaban J connectivity index is 1.34. The molecule has 4 rings (SSSR count). The van der Waals surface area contributed by atoms with Crippen molar-refractivity contribution in [2.75, 3.05) is 19.6 Å². The number of benzene rings is 3. The van der Waals surface area contributed by atoms with E-state index in [1.807, 2.05) is 0 Å². The largest absolute Gasteiger partial charge is 0.303 e. The average Bonchev–Trinajstić information content (AvgIpc) is 2.80. The van der Waals surface area contributed by atoms with Crippen molar-refractivity contribution in [2.24, 2.45) is 5.92 Å². The second-order valence-corrected chi connectivity index (χ2v) is 8.08. The monoisotopic (exact) mass is 381 g/mol. The third-order valence-corrected chi connectivity index (χ3v) is 6.14. The Bertz CT molecular complexity index is 822. The minimum Gasteiger partial charge on any atom is -0.303 e.